The van der Waals surface area contributed by atoms with Crippen molar-refractivity contribution in [3.05, 3.63) is 11.1 Å². The summed E-state index contributed by atoms with van der Waals surface area (Å²) in [5.41, 5.74) is 0.471. The minimum atomic E-state index is -0.931. The highest BCUT2D eigenvalue weighted by molar-refractivity contribution is 8.02. The second-order valence-electron chi connectivity index (χ2n) is 2.07. The lowest BCUT2D eigenvalue weighted by molar-refractivity contribution is -0.136. The molecule has 0 aromatic carbocycles. The minimum Gasteiger partial charge on any atom is -0.481 e. The molecule has 1 rings (SSSR count). The number of aliphatic carboxylic acids is 1. The van der Waals surface area contributed by atoms with Crippen LogP contribution in [-0.2, 0) is 9.59 Å². The highest BCUT2D eigenvalue weighted by Crippen LogP contribution is 2.12. The molecule has 1 amide bonds. The van der Waals surface area contributed by atoms with E-state index in [2.05, 4.69) is 5.32 Å². The van der Waals surface area contributed by atoms with E-state index < -0.39 is 5.97 Å². The highest BCUT2D eigenvalue weighted by Gasteiger charge is 2.12. The van der Waals surface area contributed by atoms with Gasteiger partial charge in [-0.3, -0.25) is 9.59 Å². The Hall–Kier alpha value is -0.970. The highest BCUT2D eigenvalue weighted by atomic mass is 32.2. The molecule has 0 saturated heterocycles. The first-order valence-corrected chi connectivity index (χ1v) is 4.05. The first-order chi connectivity index (χ1) is 5.18. The van der Waals surface area contributed by atoms with E-state index in [4.69, 9.17) is 5.11 Å². The summed E-state index contributed by atoms with van der Waals surface area (Å²) in [5, 5.41) is 12.5. The molecule has 0 aromatic heterocycles. The lowest BCUT2D eigenvalue weighted by atomic mass is 10.3. The zero-order valence-corrected chi connectivity index (χ0v) is 6.48. The lowest BCUT2D eigenvalue weighted by Crippen LogP contribution is -2.28. The zero-order valence-electron chi connectivity index (χ0n) is 5.66. The van der Waals surface area contributed by atoms with Crippen LogP contribution in [0.1, 0.15) is 6.42 Å². The summed E-state index contributed by atoms with van der Waals surface area (Å²) in [6.07, 6.45) is -0.112. The zero-order chi connectivity index (χ0) is 8.27. The molecule has 0 unspecified atom stereocenters. The molecule has 0 atom stereocenters. The second kappa shape index (κ2) is 3.43. The normalized spacial score (nSPS) is 17.1. The number of nitrogens with one attached hydrogen (secondary N) is 1. The molecule has 0 radical (unpaired) electrons. The fraction of sp³-hybridized carbons (Fsp3) is 0.333. The average molecular weight is 173 g/mol. The third-order valence-corrected chi connectivity index (χ3v) is 1.96. The van der Waals surface area contributed by atoms with Gasteiger partial charge in [0.2, 0.25) is 5.91 Å². The van der Waals surface area contributed by atoms with Crippen molar-refractivity contribution in [1.82, 2.24) is 5.32 Å². The Bertz CT molecular complexity index is 224. The van der Waals surface area contributed by atoms with Crippen molar-refractivity contribution in [1.29, 1.82) is 0 Å². The maximum Gasteiger partial charge on any atom is 0.309 e. The van der Waals surface area contributed by atoms with Gasteiger partial charge in [0.05, 0.1) is 12.2 Å². The summed E-state index contributed by atoms with van der Waals surface area (Å²) in [6.45, 7) is 0. The van der Waals surface area contributed by atoms with Crippen molar-refractivity contribution in [3.8, 4) is 0 Å². The van der Waals surface area contributed by atoms with Gasteiger partial charge >= 0.3 is 5.97 Å². The monoisotopic (exact) mass is 173 g/mol. The van der Waals surface area contributed by atoms with Crippen molar-refractivity contribution < 1.29 is 14.7 Å². The average Bonchev–Trinajstić information content (AvgIpc) is 1.85. The number of carboxylic acids is 1. The van der Waals surface area contributed by atoms with E-state index in [0.717, 1.165) is 0 Å². The topological polar surface area (TPSA) is 66.4 Å². The van der Waals surface area contributed by atoms with Crippen molar-refractivity contribution in [2.45, 2.75) is 6.42 Å². The van der Waals surface area contributed by atoms with Crippen molar-refractivity contribution in [2.24, 2.45) is 0 Å². The van der Waals surface area contributed by atoms with Gasteiger partial charge in [-0.2, -0.15) is 0 Å². The van der Waals surface area contributed by atoms with Gasteiger partial charge in [0, 0.05) is 5.70 Å². The Morgan fingerprint density at radius 3 is 3.09 bits per heavy atom. The van der Waals surface area contributed by atoms with Gasteiger partial charge in [-0.1, -0.05) is 0 Å². The van der Waals surface area contributed by atoms with E-state index in [1.165, 1.54) is 11.8 Å². The van der Waals surface area contributed by atoms with Gasteiger partial charge in [0.15, 0.2) is 0 Å². The molecule has 0 bridgehead atoms. The predicted molar refractivity (Wildman–Crippen MR) is 40.9 cm³/mol. The van der Waals surface area contributed by atoms with Crippen LogP contribution in [0.15, 0.2) is 11.1 Å². The molecule has 5 heteroatoms. The molecule has 1 aliphatic heterocycles. The number of rotatable bonds is 2. The first kappa shape index (κ1) is 8.13. The Kier molecular flexibility index (Phi) is 2.53. The first-order valence-electron chi connectivity index (χ1n) is 3.01. The van der Waals surface area contributed by atoms with Gasteiger partial charge in [0.25, 0.3) is 0 Å². The fourth-order valence-electron chi connectivity index (χ4n) is 0.711. The standard InChI is InChI=1S/C6H7NO3S/c8-5-3-11-2-4(7-5)1-6(9)10/h2H,1,3H2,(H,7,8)(H,9,10). The molecule has 0 saturated carbocycles. The molecule has 0 aliphatic carbocycles. The Morgan fingerprint density at radius 1 is 1.82 bits per heavy atom. The smallest absolute Gasteiger partial charge is 0.309 e. The Labute approximate surface area is 67.7 Å². The molecular weight excluding hydrogens is 166 g/mol. The molecule has 11 heavy (non-hydrogen) atoms. The number of amides is 1. The van der Waals surface area contributed by atoms with E-state index in [1.807, 2.05) is 0 Å². The molecule has 2 N–H and O–H groups in total. The van der Waals surface area contributed by atoms with Gasteiger partial charge < -0.3 is 10.4 Å². The summed E-state index contributed by atoms with van der Waals surface area (Å²) in [5.74, 6) is -0.684. The van der Waals surface area contributed by atoms with Crippen molar-refractivity contribution in [3.63, 3.8) is 0 Å². The van der Waals surface area contributed by atoms with E-state index >= 15 is 0 Å². The minimum absolute atomic E-state index is 0.112. The third-order valence-electron chi connectivity index (χ3n) is 1.08. The summed E-state index contributed by atoms with van der Waals surface area (Å²) in [4.78, 5) is 20.9. The van der Waals surface area contributed by atoms with Crippen LogP contribution in [0.2, 0.25) is 0 Å². The maximum atomic E-state index is 10.7. The van der Waals surface area contributed by atoms with Crippen LogP contribution in [0.25, 0.3) is 0 Å². The second-order valence-corrected chi connectivity index (χ2v) is 2.93. The SMILES string of the molecule is O=C(O)CC1=CSCC(=O)N1. The summed E-state index contributed by atoms with van der Waals surface area (Å²) < 4.78 is 0. The van der Waals surface area contributed by atoms with Crippen LogP contribution in [0, 0.1) is 0 Å². The lowest BCUT2D eigenvalue weighted by Gasteiger charge is -2.11. The summed E-state index contributed by atoms with van der Waals surface area (Å²) in [6, 6.07) is 0. The van der Waals surface area contributed by atoms with Gasteiger partial charge in [-0.25, -0.2) is 0 Å². The number of carbonyl (C=O) groups is 2. The number of thioether (sulfide) groups is 1. The van der Waals surface area contributed by atoms with Crippen LogP contribution in [0.3, 0.4) is 0 Å². The van der Waals surface area contributed by atoms with Crippen LogP contribution in [0.4, 0.5) is 0 Å². The number of carboxylic acid groups (broad SMARTS) is 1. The Balaban J connectivity index is 2.51. The van der Waals surface area contributed by atoms with Crippen LogP contribution in [-0.4, -0.2) is 22.7 Å². The molecule has 1 aliphatic rings. The quantitative estimate of drug-likeness (QED) is 0.624. The fourth-order valence-corrected chi connectivity index (χ4v) is 1.36. The molecular formula is C6H7NO3S. The van der Waals surface area contributed by atoms with Gasteiger partial charge in [-0.05, 0) is 5.41 Å². The molecule has 60 valence electrons. The number of carbonyl (C=O) groups excluding carboxylic acids is 1. The largest absolute Gasteiger partial charge is 0.481 e. The van der Waals surface area contributed by atoms with E-state index in [0.29, 0.717) is 11.4 Å². The molecule has 1 heterocycles. The van der Waals surface area contributed by atoms with Crippen LogP contribution < -0.4 is 5.32 Å². The Morgan fingerprint density at radius 2 is 2.55 bits per heavy atom. The molecule has 0 spiro atoms. The molecule has 4 nitrogen and oxygen atoms in total. The third kappa shape index (κ3) is 2.63. The maximum absolute atomic E-state index is 10.7. The van der Waals surface area contributed by atoms with Gasteiger partial charge in [0.1, 0.15) is 0 Å². The molecule has 0 fully saturated rings. The number of hydrogen-bond donors (Lipinski definition) is 2. The number of hydrogen-bond acceptors (Lipinski definition) is 3. The summed E-state index contributed by atoms with van der Waals surface area (Å²) in [7, 11) is 0. The van der Waals surface area contributed by atoms with Crippen molar-refractivity contribution >= 4 is 23.6 Å². The molecule has 0 aromatic rings. The van der Waals surface area contributed by atoms with Crippen LogP contribution >= 0.6 is 11.8 Å². The van der Waals surface area contributed by atoms with Crippen LogP contribution in [0.5, 0.6) is 0 Å². The van der Waals surface area contributed by atoms with E-state index in [-0.39, 0.29) is 12.3 Å². The van der Waals surface area contributed by atoms with E-state index in [9.17, 15) is 9.59 Å². The van der Waals surface area contributed by atoms with E-state index in [1.54, 1.807) is 5.41 Å². The summed E-state index contributed by atoms with van der Waals surface area (Å²) >= 11 is 1.32. The van der Waals surface area contributed by atoms with Crippen molar-refractivity contribution in [2.75, 3.05) is 5.75 Å². The van der Waals surface area contributed by atoms with Gasteiger partial charge in [-0.15, -0.1) is 11.8 Å². The predicted octanol–water partition coefficient (Wildman–Crippen LogP) is 0.166.